The van der Waals surface area contributed by atoms with Gasteiger partial charge in [-0.15, -0.1) is 0 Å². The van der Waals surface area contributed by atoms with Crippen molar-refractivity contribution in [1.29, 1.82) is 0 Å². The van der Waals surface area contributed by atoms with Crippen molar-refractivity contribution in [2.24, 2.45) is 0 Å². The molecule has 0 N–H and O–H groups in total. The Bertz CT molecular complexity index is 150. The van der Waals surface area contributed by atoms with E-state index in [1.807, 2.05) is 4.31 Å². The Labute approximate surface area is 56.8 Å². The Hall–Kier alpha value is 0.0700. The van der Waals surface area contributed by atoms with Gasteiger partial charge < -0.3 is 0 Å². The lowest BCUT2D eigenvalue weighted by atomic mass is 10.2. The number of hydrogen-bond acceptors (Lipinski definition) is 2. The van der Waals surface area contributed by atoms with Crippen LogP contribution in [0.2, 0.25) is 0 Å². The SMILES string of the molecule is O=[S@@]1OCC2CCCN21. The minimum Gasteiger partial charge on any atom is -0.276 e. The zero-order valence-electron chi connectivity index (χ0n) is 5.08. The van der Waals surface area contributed by atoms with Gasteiger partial charge in [-0.1, -0.05) is 0 Å². The molecule has 2 rings (SSSR count). The molecule has 2 atom stereocenters. The maximum Gasteiger partial charge on any atom is 0.237 e. The fourth-order valence-electron chi connectivity index (χ4n) is 1.38. The highest BCUT2D eigenvalue weighted by Gasteiger charge is 2.35. The molecule has 0 bridgehead atoms. The lowest BCUT2D eigenvalue weighted by molar-refractivity contribution is 0.340. The molecule has 2 fully saturated rings. The van der Waals surface area contributed by atoms with Gasteiger partial charge in [0, 0.05) is 12.6 Å². The first-order valence-electron chi connectivity index (χ1n) is 3.20. The van der Waals surface area contributed by atoms with Gasteiger partial charge in [0.1, 0.15) is 0 Å². The molecule has 0 aromatic heterocycles. The van der Waals surface area contributed by atoms with Gasteiger partial charge >= 0.3 is 0 Å². The standard InChI is InChI=1S/C5H9NO2S/c7-9-6-3-1-2-5(6)4-8-9/h5H,1-4H2/t5?,9-/m1/s1. The summed E-state index contributed by atoms with van der Waals surface area (Å²) >= 11 is -1.09. The molecule has 0 spiro atoms. The highest BCUT2D eigenvalue weighted by atomic mass is 32.2. The van der Waals surface area contributed by atoms with E-state index in [1.54, 1.807) is 0 Å². The number of hydrogen-bond donors (Lipinski definition) is 0. The van der Waals surface area contributed by atoms with Crippen LogP contribution in [0, 0.1) is 0 Å². The van der Waals surface area contributed by atoms with Gasteiger partial charge in [-0.05, 0) is 12.8 Å². The Morgan fingerprint density at radius 1 is 1.67 bits per heavy atom. The van der Waals surface area contributed by atoms with Gasteiger partial charge in [0.15, 0.2) is 0 Å². The quantitative estimate of drug-likeness (QED) is 0.485. The Morgan fingerprint density at radius 2 is 2.56 bits per heavy atom. The van der Waals surface area contributed by atoms with Crippen LogP contribution >= 0.6 is 0 Å². The summed E-state index contributed by atoms with van der Waals surface area (Å²) in [6.07, 6.45) is 2.34. The van der Waals surface area contributed by atoms with Crippen molar-refractivity contribution in [2.45, 2.75) is 18.9 Å². The largest absolute Gasteiger partial charge is 0.276 e. The van der Waals surface area contributed by atoms with Crippen molar-refractivity contribution < 1.29 is 8.39 Å². The van der Waals surface area contributed by atoms with Crippen molar-refractivity contribution in [1.82, 2.24) is 4.31 Å². The fourth-order valence-corrected chi connectivity index (χ4v) is 2.47. The van der Waals surface area contributed by atoms with Crippen LogP contribution in [0.3, 0.4) is 0 Å². The zero-order chi connectivity index (χ0) is 6.27. The second-order valence-corrected chi connectivity index (χ2v) is 3.58. The van der Waals surface area contributed by atoms with E-state index in [0.29, 0.717) is 12.6 Å². The van der Waals surface area contributed by atoms with Gasteiger partial charge in [-0.3, -0.25) is 4.18 Å². The topological polar surface area (TPSA) is 29.5 Å². The highest BCUT2D eigenvalue weighted by molar-refractivity contribution is 7.78. The van der Waals surface area contributed by atoms with Crippen LogP contribution in [0.5, 0.6) is 0 Å². The molecule has 4 heteroatoms. The molecule has 0 aliphatic carbocycles. The maximum absolute atomic E-state index is 10.9. The van der Waals surface area contributed by atoms with Crippen molar-refractivity contribution in [3.8, 4) is 0 Å². The predicted octanol–water partition coefficient (Wildman–Crippen LogP) is 0.0597. The monoisotopic (exact) mass is 147 g/mol. The minimum atomic E-state index is -1.09. The third-order valence-electron chi connectivity index (χ3n) is 1.88. The zero-order valence-corrected chi connectivity index (χ0v) is 5.89. The first-order valence-corrected chi connectivity index (χ1v) is 4.23. The normalized spacial score (nSPS) is 43.6. The van der Waals surface area contributed by atoms with Crippen molar-refractivity contribution in [3.05, 3.63) is 0 Å². The smallest absolute Gasteiger partial charge is 0.237 e. The maximum atomic E-state index is 10.9. The molecule has 52 valence electrons. The van der Waals surface area contributed by atoms with E-state index >= 15 is 0 Å². The summed E-state index contributed by atoms with van der Waals surface area (Å²) in [7, 11) is 0. The van der Waals surface area contributed by atoms with Crippen LogP contribution in [-0.4, -0.2) is 27.7 Å². The molecule has 0 aromatic carbocycles. The van der Waals surface area contributed by atoms with Crippen LogP contribution in [0.4, 0.5) is 0 Å². The predicted molar refractivity (Wildman–Crippen MR) is 33.8 cm³/mol. The Kier molecular flexibility index (Phi) is 1.32. The fraction of sp³-hybridized carbons (Fsp3) is 1.00. The minimum absolute atomic E-state index is 0.464. The van der Waals surface area contributed by atoms with E-state index in [1.165, 1.54) is 6.42 Å². The number of rotatable bonds is 0. The third kappa shape index (κ3) is 0.818. The Balaban J connectivity index is 2.15. The molecule has 2 heterocycles. The van der Waals surface area contributed by atoms with Crippen molar-refractivity contribution in [3.63, 3.8) is 0 Å². The van der Waals surface area contributed by atoms with E-state index in [2.05, 4.69) is 0 Å². The lowest BCUT2D eigenvalue weighted by Crippen LogP contribution is -2.23. The molecule has 2 aliphatic rings. The molecule has 0 amide bonds. The summed E-state index contributed by atoms with van der Waals surface area (Å²) in [6, 6.07) is 0.464. The van der Waals surface area contributed by atoms with E-state index in [4.69, 9.17) is 4.18 Å². The molecule has 2 saturated heterocycles. The van der Waals surface area contributed by atoms with Gasteiger partial charge in [-0.25, -0.2) is 4.21 Å². The molecule has 3 nitrogen and oxygen atoms in total. The van der Waals surface area contributed by atoms with Crippen LogP contribution in [0.1, 0.15) is 12.8 Å². The summed E-state index contributed by atoms with van der Waals surface area (Å²) in [5.41, 5.74) is 0. The van der Waals surface area contributed by atoms with Gasteiger partial charge in [0.2, 0.25) is 11.3 Å². The molecular weight excluding hydrogens is 138 g/mol. The Morgan fingerprint density at radius 3 is 3.33 bits per heavy atom. The van der Waals surface area contributed by atoms with E-state index in [9.17, 15) is 4.21 Å². The van der Waals surface area contributed by atoms with Crippen LogP contribution in [-0.2, 0) is 15.4 Å². The molecule has 0 aromatic rings. The van der Waals surface area contributed by atoms with E-state index in [-0.39, 0.29) is 0 Å². The van der Waals surface area contributed by atoms with E-state index in [0.717, 1.165) is 13.0 Å². The van der Waals surface area contributed by atoms with Crippen molar-refractivity contribution >= 4 is 11.3 Å². The summed E-state index contributed by atoms with van der Waals surface area (Å²) < 4.78 is 17.7. The third-order valence-corrected chi connectivity index (χ3v) is 3.08. The van der Waals surface area contributed by atoms with Gasteiger partial charge in [0.25, 0.3) is 0 Å². The van der Waals surface area contributed by atoms with Crippen LogP contribution in [0.15, 0.2) is 0 Å². The number of fused-ring (bicyclic) bond motifs is 1. The summed E-state index contributed by atoms with van der Waals surface area (Å²) in [5, 5.41) is 0. The van der Waals surface area contributed by atoms with Crippen LogP contribution in [0.25, 0.3) is 0 Å². The molecule has 2 aliphatic heterocycles. The van der Waals surface area contributed by atoms with E-state index < -0.39 is 11.3 Å². The van der Waals surface area contributed by atoms with Crippen molar-refractivity contribution in [2.75, 3.05) is 13.2 Å². The molecule has 9 heavy (non-hydrogen) atoms. The second kappa shape index (κ2) is 2.04. The van der Waals surface area contributed by atoms with Gasteiger partial charge in [-0.2, -0.15) is 4.31 Å². The first kappa shape index (κ1) is 5.82. The molecule has 0 radical (unpaired) electrons. The highest BCUT2D eigenvalue weighted by Crippen LogP contribution is 2.25. The molecule has 0 saturated carbocycles. The second-order valence-electron chi connectivity index (χ2n) is 2.44. The van der Waals surface area contributed by atoms with Gasteiger partial charge in [0.05, 0.1) is 6.61 Å². The summed E-state index contributed by atoms with van der Waals surface area (Å²) in [4.78, 5) is 0. The lowest BCUT2D eigenvalue weighted by Gasteiger charge is -2.06. The number of nitrogens with zero attached hydrogens (tertiary/aromatic N) is 1. The summed E-state index contributed by atoms with van der Waals surface area (Å²) in [6.45, 7) is 1.63. The average molecular weight is 147 g/mol. The molecular formula is C5H9NO2S. The average Bonchev–Trinajstić information content (AvgIpc) is 2.35. The summed E-state index contributed by atoms with van der Waals surface area (Å²) in [5.74, 6) is 0. The molecule has 1 unspecified atom stereocenters. The van der Waals surface area contributed by atoms with Crippen LogP contribution < -0.4 is 0 Å². The first-order chi connectivity index (χ1) is 4.38.